The number of ether oxygens (including phenoxy) is 1. The number of carbonyl (C=O) groups excluding carboxylic acids is 2. The van der Waals surface area contributed by atoms with Gasteiger partial charge in [-0.2, -0.15) is 0 Å². The zero-order valence-electron chi connectivity index (χ0n) is 13.2. The van der Waals surface area contributed by atoms with Crippen LogP contribution in [0, 0.1) is 12.8 Å². The molecule has 8 nitrogen and oxygen atoms in total. The number of amides is 1. The van der Waals surface area contributed by atoms with E-state index < -0.39 is 21.9 Å². The van der Waals surface area contributed by atoms with E-state index in [1.54, 1.807) is 6.92 Å². The molecule has 1 amide bonds. The Labute approximate surface area is 138 Å². The van der Waals surface area contributed by atoms with Gasteiger partial charge in [-0.25, -0.2) is 22.5 Å². The fraction of sp³-hybridized carbons (Fsp3) is 0.615. The molecule has 1 saturated heterocycles. The number of esters is 1. The summed E-state index contributed by atoms with van der Waals surface area (Å²) in [5.41, 5.74) is 0.485. The second-order valence-corrected chi connectivity index (χ2v) is 8.36. The van der Waals surface area contributed by atoms with Gasteiger partial charge in [0.2, 0.25) is 15.9 Å². The molecule has 0 radical (unpaired) electrons. The normalized spacial score (nSPS) is 19.3. The Morgan fingerprint density at radius 2 is 2.13 bits per heavy atom. The van der Waals surface area contributed by atoms with Gasteiger partial charge in [0.1, 0.15) is 4.88 Å². The maximum Gasteiger partial charge on any atom is 0.350 e. The van der Waals surface area contributed by atoms with Crippen molar-refractivity contribution in [2.75, 3.05) is 31.8 Å². The molecule has 1 aromatic rings. The van der Waals surface area contributed by atoms with Crippen molar-refractivity contribution in [3.8, 4) is 0 Å². The average molecular weight is 361 g/mol. The quantitative estimate of drug-likeness (QED) is 0.797. The van der Waals surface area contributed by atoms with Gasteiger partial charge in [-0.05, 0) is 19.8 Å². The van der Waals surface area contributed by atoms with Crippen LogP contribution in [-0.4, -0.2) is 56.0 Å². The first-order valence-corrected chi connectivity index (χ1v) is 9.70. The molecule has 0 saturated carbocycles. The standard InChI is InChI=1S/C13H19N3O5S2/c1-8-10(12(18)21-2)22-13(14-8)15-11(17)9-5-4-6-16(7-9)23(3,19)20/h9H,4-7H2,1-3H3,(H,14,15,17). The molecule has 1 atom stereocenters. The van der Waals surface area contributed by atoms with E-state index in [4.69, 9.17) is 0 Å². The van der Waals surface area contributed by atoms with Crippen LogP contribution >= 0.6 is 11.3 Å². The molecule has 1 fully saturated rings. The third kappa shape index (κ3) is 4.27. The Kier molecular flexibility index (Phi) is 5.37. The Morgan fingerprint density at radius 3 is 2.74 bits per heavy atom. The summed E-state index contributed by atoms with van der Waals surface area (Å²) >= 11 is 1.04. The molecule has 0 spiro atoms. The fourth-order valence-electron chi connectivity index (χ4n) is 2.40. The average Bonchev–Trinajstić information content (AvgIpc) is 2.86. The van der Waals surface area contributed by atoms with E-state index in [0.29, 0.717) is 35.1 Å². The fourth-order valence-corrected chi connectivity index (χ4v) is 4.20. The molecule has 23 heavy (non-hydrogen) atoms. The van der Waals surface area contributed by atoms with Gasteiger partial charge in [-0.3, -0.25) is 4.79 Å². The van der Waals surface area contributed by atoms with Crippen LogP contribution in [0.25, 0.3) is 0 Å². The summed E-state index contributed by atoms with van der Waals surface area (Å²) in [5, 5.41) is 2.97. The van der Waals surface area contributed by atoms with E-state index >= 15 is 0 Å². The van der Waals surface area contributed by atoms with Gasteiger partial charge in [-0.15, -0.1) is 0 Å². The van der Waals surface area contributed by atoms with Crippen LogP contribution in [-0.2, 0) is 19.6 Å². The van der Waals surface area contributed by atoms with Crippen LogP contribution in [0.5, 0.6) is 0 Å². The predicted molar refractivity (Wildman–Crippen MR) is 86.0 cm³/mol. The number of piperidine rings is 1. The molecule has 1 aliphatic rings. The van der Waals surface area contributed by atoms with Crippen LogP contribution in [0.4, 0.5) is 5.13 Å². The lowest BCUT2D eigenvalue weighted by atomic mass is 9.99. The molecule has 1 aliphatic heterocycles. The molecule has 128 valence electrons. The number of nitrogens with one attached hydrogen (secondary N) is 1. The van der Waals surface area contributed by atoms with E-state index in [-0.39, 0.29) is 12.5 Å². The molecule has 2 heterocycles. The number of thiazole rings is 1. The number of hydrogen-bond donors (Lipinski definition) is 1. The lowest BCUT2D eigenvalue weighted by Crippen LogP contribution is -2.43. The van der Waals surface area contributed by atoms with Crippen LogP contribution < -0.4 is 5.32 Å². The topological polar surface area (TPSA) is 106 Å². The highest BCUT2D eigenvalue weighted by Crippen LogP contribution is 2.25. The smallest absolute Gasteiger partial charge is 0.350 e. The number of rotatable bonds is 4. The van der Waals surface area contributed by atoms with Crippen molar-refractivity contribution in [1.29, 1.82) is 0 Å². The van der Waals surface area contributed by atoms with Gasteiger partial charge in [-0.1, -0.05) is 11.3 Å². The van der Waals surface area contributed by atoms with Crippen LogP contribution in [0.3, 0.4) is 0 Å². The number of aryl methyl sites for hydroxylation is 1. The number of aromatic nitrogens is 1. The first-order valence-electron chi connectivity index (χ1n) is 7.04. The highest BCUT2D eigenvalue weighted by Gasteiger charge is 2.30. The third-order valence-electron chi connectivity index (χ3n) is 3.62. The minimum Gasteiger partial charge on any atom is -0.465 e. The Balaban J connectivity index is 2.06. The third-order valence-corrected chi connectivity index (χ3v) is 5.94. The van der Waals surface area contributed by atoms with Gasteiger partial charge in [0, 0.05) is 13.1 Å². The van der Waals surface area contributed by atoms with Crippen molar-refractivity contribution in [1.82, 2.24) is 9.29 Å². The van der Waals surface area contributed by atoms with Gasteiger partial charge in [0.05, 0.1) is 25.0 Å². The van der Waals surface area contributed by atoms with E-state index in [0.717, 1.165) is 17.6 Å². The van der Waals surface area contributed by atoms with Gasteiger partial charge >= 0.3 is 5.97 Å². The minimum atomic E-state index is -3.30. The zero-order valence-corrected chi connectivity index (χ0v) is 14.8. The van der Waals surface area contributed by atoms with Gasteiger partial charge < -0.3 is 10.1 Å². The van der Waals surface area contributed by atoms with E-state index in [1.165, 1.54) is 11.4 Å². The molecular weight excluding hydrogens is 342 g/mol. The lowest BCUT2D eigenvalue weighted by Gasteiger charge is -2.29. The number of carbonyl (C=O) groups is 2. The van der Waals surface area contributed by atoms with Crippen LogP contribution in [0.1, 0.15) is 28.2 Å². The Morgan fingerprint density at radius 1 is 1.43 bits per heavy atom. The van der Waals surface area contributed by atoms with E-state index in [9.17, 15) is 18.0 Å². The summed E-state index contributed by atoms with van der Waals surface area (Å²) in [5.74, 6) is -1.21. The van der Waals surface area contributed by atoms with Crippen molar-refractivity contribution in [2.45, 2.75) is 19.8 Å². The van der Waals surface area contributed by atoms with Gasteiger partial charge in [0.25, 0.3) is 0 Å². The second kappa shape index (κ2) is 6.93. The van der Waals surface area contributed by atoms with E-state index in [2.05, 4.69) is 15.0 Å². The van der Waals surface area contributed by atoms with Crippen molar-refractivity contribution >= 4 is 38.4 Å². The molecule has 0 bridgehead atoms. The van der Waals surface area contributed by atoms with Crippen LogP contribution in [0.2, 0.25) is 0 Å². The largest absolute Gasteiger partial charge is 0.465 e. The lowest BCUT2D eigenvalue weighted by molar-refractivity contribution is -0.120. The van der Waals surface area contributed by atoms with Crippen molar-refractivity contribution < 1.29 is 22.7 Å². The second-order valence-electron chi connectivity index (χ2n) is 5.37. The summed E-state index contributed by atoms with van der Waals surface area (Å²) < 4.78 is 29.2. The maximum absolute atomic E-state index is 12.3. The number of nitrogens with zero attached hydrogens (tertiary/aromatic N) is 2. The first-order chi connectivity index (χ1) is 10.7. The molecule has 1 unspecified atom stereocenters. The Hall–Kier alpha value is -1.52. The molecule has 0 aliphatic carbocycles. The number of hydrogen-bond acceptors (Lipinski definition) is 7. The molecule has 2 rings (SSSR count). The predicted octanol–water partition coefficient (Wildman–Crippen LogP) is 0.848. The number of sulfonamides is 1. The van der Waals surface area contributed by atoms with Crippen molar-refractivity contribution in [3.63, 3.8) is 0 Å². The minimum absolute atomic E-state index is 0.166. The first kappa shape index (κ1) is 17.8. The monoisotopic (exact) mass is 361 g/mol. The highest BCUT2D eigenvalue weighted by atomic mass is 32.2. The summed E-state index contributed by atoms with van der Waals surface area (Å²) in [6, 6.07) is 0. The maximum atomic E-state index is 12.3. The molecule has 1 aromatic heterocycles. The summed E-state index contributed by atoms with van der Waals surface area (Å²) in [6.07, 6.45) is 2.39. The number of anilines is 1. The highest BCUT2D eigenvalue weighted by molar-refractivity contribution is 7.88. The number of methoxy groups -OCH3 is 1. The molecule has 0 aromatic carbocycles. The van der Waals surface area contributed by atoms with Crippen molar-refractivity contribution in [2.24, 2.45) is 5.92 Å². The van der Waals surface area contributed by atoms with Crippen LogP contribution in [0.15, 0.2) is 0 Å². The van der Waals surface area contributed by atoms with E-state index in [1.807, 2.05) is 0 Å². The van der Waals surface area contributed by atoms with Gasteiger partial charge in [0.15, 0.2) is 5.13 Å². The molecule has 1 N–H and O–H groups in total. The summed E-state index contributed by atoms with van der Waals surface area (Å²) in [7, 11) is -2.02. The molecule has 10 heteroatoms. The SMILES string of the molecule is COC(=O)c1sc(NC(=O)C2CCCN(S(C)(=O)=O)C2)nc1C. The Bertz CT molecular complexity index is 713. The molecular formula is C13H19N3O5S2. The summed E-state index contributed by atoms with van der Waals surface area (Å²) in [4.78, 5) is 28.3. The summed E-state index contributed by atoms with van der Waals surface area (Å²) in [6.45, 7) is 2.26. The van der Waals surface area contributed by atoms with Crippen molar-refractivity contribution in [3.05, 3.63) is 10.6 Å². The zero-order chi connectivity index (χ0) is 17.2.